The molecule has 0 aromatic carbocycles. The molecule has 2 atom stereocenters. The van der Waals surface area contributed by atoms with Crippen molar-refractivity contribution in [1.82, 2.24) is 15.2 Å². The maximum atomic E-state index is 12.7. The van der Waals surface area contributed by atoms with Gasteiger partial charge in [0.05, 0.1) is 12.2 Å². The normalized spacial score (nSPS) is 22.6. The zero-order chi connectivity index (χ0) is 15.4. The largest absolute Gasteiger partial charge is 0.342 e. The summed E-state index contributed by atoms with van der Waals surface area (Å²) in [6.07, 6.45) is 3.24. The zero-order valence-corrected chi connectivity index (χ0v) is 12.9. The monoisotopic (exact) mass is 289 g/mol. The third-order valence-corrected chi connectivity index (χ3v) is 3.77. The number of piperazine rings is 1. The van der Waals surface area contributed by atoms with Gasteiger partial charge in [-0.05, 0) is 24.5 Å². The molecule has 1 fully saturated rings. The van der Waals surface area contributed by atoms with Crippen LogP contribution in [0.25, 0.3) is 0 Å². The quantitative estimate of drug-likeness (QED) is 0.898. The Morgan fingerprint density at radius 3 is 2.67 bits per heavy atom. The fourth-order valence-corrected chi connectivity index (χ4v) is 2.79. The maximum absolute atomic E-state index is 12.7. The number of rotatable bonds is 5. The van der Waals surface area contributed by atoms with Crippen molar-refractivity contribution in [3.63, 3.8) is 0 Å². The maximum Gasteiger partial charge on any atom is 0.246 e. The number of hydrogen-bond acceptors (Lipinski definition) is 3. The van der Waals surface area contributed by atoms with Crippen LogP contribution in [0.5, 0.6) is 0 Å². The van der Waals surface area contributed by atoms with Crippen LogP contribution in [-0.2, 0) is 16.1 Å². The molecule has 1 aromatic rings. The predicted molar refractivity (Wildman–Crippen MR) is 80.3 cm³/mol. The van der Waals surface area contributed by atoms with Crippen molar-refractivity contribution in [1.29, 1.82) is 0 Å². The summed E-state index contributed by atoms with van der Waals surface area (Å²) in [7, 11) is 0. The Morgan fingerprint density at radius 1 is 1.33 bits per heavy atom. The highest BCUT2D eigenvalue weighted by molar-refractivity contribution is 5.97. The average molecular weight is 289 g/mol. The lowest BCUT2D eigenvalue weighted by Gasteiger charge is -2.40. The van der Waals surface area contributed by atoms with E-state index in [0.29, 0.717) is 13.0 Å². The number of carbonyl (C=O) groups is 2. The molecular formula is C16H23N3O2. The number of hydrogen-bond donors (Lipinski definition) is 1. The fourth-order valence-electron chi connectivity index (χ4n) is 2.79. The summed E-state index contributed by atoms with van der Waals surface area (Å²) >= 11 is 0. The second-order valence-corrected chi connectivity index (χ2v) is 5.83. The molecule has 2 amide bonds. The van der Waals surface area contributed by atoms with Crippen LogP contribution in [0.4, 0.5) is 0 Å². The molecule has 0 aliphatic carbocycles. The summed E-state index contributed by atoms with van der Waals surface area (Å²) in [4.78, 5) is 31.0. The first-order valence-electron chi connectivity index (χ1n) is 7.55. The Bertz CT molecular complexity index is 502. The molecule has 5 heteroatoms. The number of aromatic nitrogens is 1. The Morgan fingerprint density at radius 2 is 2.10 bits per heavy atom. The van der Waals surface area contributed by atoms with Crippen molar-refractivity contribution in [2.45, 2.75) is 52.2 Å². The van der Waals surface area contributed by atoms with Crippen LogP contribution in [0.15, 0.2) is 24.4 Å². The minimum Gasteiger partial charge on any atom is -0.342 e. The van der Waals surface area contributed by atoms with E-state index in [1.54, 1.807) is 11.1 Å². The van der Waals surface area contributed by atoms with E-state index in [9.17, 15) is 9.59 Å². The van der Waals surface area contributed by atoms with Crippen molar-refractivity contribution < 1.29 is 9.59 Å². The third-order valence-electron chi connectivity index (χ3n) is 3.77. The minimum atomic E-state index is -0.424. The lowest BCUT2D eigenvalue weighted by molar-refractivity contribution is -0.152. The summed E-state index contributed by atoms with van der Waals surface area (Å²) in [5, 5.41) is 2.86. The van der Waals surface area contributed by atoms with E-state index in [0.717, 1.165) is 12.1 Å². The number of amides is 2. The van der Waals surface area contributed by atoms with Gasteiger partial charge >= 0.3 is 0 Å². The highest BCUT2D eigenvalue weighted by Gasteiger charge is 2.41. The van der Waals surface area contributed by atoms with Crippen molar-refractivity contribution in [2.75, 3.05) is 0 Å². The van der Waals surface area contributed by atoms with Gasteiger partial charge in [-0.25, -0.2) is 0 Å². The smallest absolute Gasteiger partial charge is 0.246 e. The average Bonchev–Trinajstić information content (AvgIpc) is 2.45. The molecule has 1 aliphatic rings. The van der Waals surface area contributed by atoms with Gasteiger partial charge in [-0.2, -0.15) is 0 Å². The number of nitrogens with zero attached hydrogens (tertiary/aromatic N) is 2. The van der Waals surface area contributed by atoms with E-state index in [2.05, 4.69) is 10.3 Å². The molecule has 1 aromatic heterocycles. The van der Waals surface area contributed by atoms with Gasteiger partial charge in [-0.1, -0.05) is 33.3 Å². The van der Waals surface area contributed by atoms with Gasteiger partial charge in [0.25, 0.3) is 0 Å². The van der Waals surface area contributed by atoms with Gasteiger partial charge in [0.15, 0.2) is 0 Å². The van der Waals surface area contributed by atoms with E-state index >= 15 is 0 Å². The summed E-state index contributed by atoms with van der Waals surface area (Å²) in [5.74, 6) is 0.0139. The molecule has 0 saturated carbocycles. The van der Waals surface area contributed by atoms with Crippen LogP contribution in [0.2, 0.25) is 0 Å². The lowest BCUT2D eigenvalue weighted by atomic mass is 9.95. The first kappa shape index (κ1) is 15.5. The van der Waals surface area contributed by atoms with Crippen molar-refractivity contribution in [3.05, 3.63) is 30.1 Å². The molecule has 5 nitrogen and oxygen atoms in total. The molecule has 0 bridgehead atoms. The van der Waals surface area contributed by atoms with E-state index in [4.69, 9.17) is 0 Å². The van der Waals surface area contributed by atoms with Crippen LogP contribution < -0.4 is 5.32 Å². The highest BCUT2D eigenvalue weighted by atomic mass is 16.2. The van der Waals surface area contributed by atoms with Gasteiger partial charge in [0.1, 0.15) is 12.1 Å². The minimum absolute atomic E-state index is 0.000744. The van der Waals surface area contributed by atoms with E-state index in [1.807, 2.05) is 39.0 Å². The highest BCUT2D eigenvalue weighted by Crippen LogP contribution is 2.21. The molecule has 2 rings (SSSR count). The molecule has 1 N–H and O–H groups in total. The van der Waals surface area contributed by atoms with Crippen LogP contribution in [0.3, 0.4) is 0 Å². The van der Waals surface area contributed by atoms with Gasteiger partial charge in [-0.15, -0.1) is 0 Å². The van der Waals surface area contributed by atoms with E-state index < -0.39 is 12.1 Å². The number of pyridine rings is 1. The van der Waals surface area contributed by atoms with Crippen molar-refractivity contribution in [2.24, 2.45) is 5.92 Å². The second-order valence-electron chi connectivity index (χ2n) is 5.83. The van der Waals surface area contributed by atoms with Crippen LogP contribution >= 0.6 is 0 Å². The molecule has 2 heterocycles. The molecule has 0 radical (unpaired) electrons. The first-order valence-corrected chi connectivity index (χ1v) is 7.55. The Kier molecular flexibility index (Phi) is 4.94. The molecule has 2 unspecified atom stereocenters. The van der Waals surface area contributed by atoms with Crippen molar-refractivity contribution >= 4 is 11.8 Å². The summed E-state index contributed by atoms with van der Waals surface area (Å²) in [6.45, 7) is 6.32. The Hall–Kier alpha value is -1.91. The van der Waals surface area contributed by atoms with Crippen LogP contribution in [0.1, 0.15) is 39.3 Å². The van der Waals surface area contributed by atoms with E-state index in [-0.39, 0.29) is 17.7 Å². The number of carbonyl (C=O) groups excluding carboxylic acids is 2. The molecule has 114 valence electrons. The SMILES string of the molecule is CCCC1NC(=O)C(C(C)C)N(Cc2ccccn2)C1=O. The van der Waals surface area contributed by atoms with Gasteiger partial charge in [0, 0.05) is 6.20 Å². The van der Waals surface area contributed by atoms with Crippen LogP contribution in [-0.4, -0.2) is 33.8 Å². The standard InChI is InChI=1S/C16H23N3O2/c1-4-7-13-16(21)19(10-12-8-5-6-9-17-12)14(11(2)3)15(20)18-13/h5-6,8-9,11,13-14H,4,7,10H2,1-3H3,(H,18,20). The van der Waals surface area contributed by atoms with Gasteiger partial charge < -0.3 is 10.2 Å². The third kappa shape index (κ3) is 3.40. The van der Waals surface area contributed by atoms with Gasteiger partial charge in [0.2, 0.25) is 11.8 Å². The summed E-state index contributed by atoms with van der Waals surface area (Å²) in [5.41, 5.74) is 0.807. The predicted octanol–water partition coefficient (Wildman–Crippen LogP) is 1.73. The Labute approximate surface area is 125 Å². The summed E-state index contributed by atoms with van der Waals surface area (Å²) in [6, 6.07) is 4.79. The summed E-state index contributed by atoms with van der Waals surface area (Å²) < 4.78 is 0. The number of nitrogens with one attached hydrogen (secondary N) is 1. The van der Waals surface area contributed by atoms with Crippen molar-refractivity contribution in [3.8, 4) is 0 Å². The van der Waals surface area contributed by atoms with E-state index in [1.165, 1.54) is 0 Å². The Balaban J connectivity index is 2.25. The second kappa shape index (κ2) is 6.70. The molecular weight excluding hydrogens is 266 g/mol. The fraction of sp³-hybridized carbons (Fsp3) is 0.562. The molecule has 21 heavy (non-hydrogen) atoms. The molecule has 1 aliphatic heterocycles. The zero-order valence-electron chi connectivity index (χ0n) is 12.9. The first-order chi connectivity index (χ1) is 10.0. The lowest BCUT2D eigenvalue weighted by Crippen LogP contribution is -2.64. The molecule has 1 saturated heterocycles. The topological polar surface area (TPSA) is 62.3 Å². The van der Waals surface area contributed by atoms with Crippen LogP contribution in [0, 0.1) is 5.92 Å². The van der Waals surface area contributed by atoms with Gasteiger partial charge in [-0.3, -0.25) is 14.6 Å². The molecule has 0 spiro atoms.